The third-order valence-corrected chi connectivity index (χ3v) is 3.73. The largest absolute Gasteiger partial charge is 0.306 e. The highest BCUT2D eigenvalue weighted by Gasteiger charge is 2.46. The maximum absolute atomic E-state index is 3.77. The highest BCUT2D eigenvalue weighted by molar-refractivity contribution is 5.05. The van der Waals surface area contributed by atoms with Crippen LogP contribution in [-0.4, -0.2) is 11.1 Å². The van der Waals surface area contributed by atoms with Crippen LogP contribution < -0.4 is 5.32 Å². The van der Waals surface area contributed by atoms with Crippen LogP contribution in [0.25, 0.3) is 0 Å². The van der Waals surface area contributed by atoms with Gasteiger partial charge in [0, 0.05) is 11.1 Å². The van der Waals surface area contributed by atoms with E-state index in [-0.39, 0.29) is 0 Å². The van der Waals surface area contributed by atoms with Crippen molar-refractivity contribution in [2.45, 2.75) is 57.5 Å². The van der Waals surface area contributed by atoms with Gasteiger partial charge in [0.25, 0.3) is 0 Å². The predicted molar refractivity (Wildman–Crippen MR) is 47.6 cm³/mol. The summed E-state index contributed by atoms with van der Waals surface area (Å²) in [4.78, 5) is 0. The fraction of sp³-hybridized carbons (Fsp3) is 1.00. The number of hydrogen-bond donors (Lipinski definition) is 1. The summed E-state index contributed by atoms with van der Waals surface area (Å²) in [6, 6.07) is 0. The number of rotatable bonds is 0. The molecule has 64 valence electrons. The van der Waals surface area contributed by atoms with Crippen LogP contribution >= 0.6 is 0 Å². The van der Waals surface area contributed by atoms with Crippen molar-refractivity contribution in [1.29, 1.82) is 0 Å². The van der Waals surface area contributed by atoms with E-state index in [0.29, 0.717) is 11.1 Å². The van der Waals surface area contributed by atoms with Gasteiger partial charge in [0.1, 0.15) is 0 Å². The van der Waals surface area contributed by atoms with Crippen molar-refractivity contribution in [1.82, 2.24) is 5.32 Å². The van der Waals surface area contributed by atoms with Gasteiger partial charge in [-0.25, -0.2) is 0 Å². The third-order valence-electron chi connectivity index (χ3n) is 3.73. The Morgan fingerprint density at radius 3 is 1.91 bits per heavy atom. The molecule has 0 atom stereocenters. The van der Waals surface area contributed by atoms with Crippen LogP contribution in [0, 0.1) is 5.92 Å². The smallest absolute Gasteiger partial charge is 0.0158 e. The second-order valence-electron chi connectivity index (χ2n) is 5.18. The maximum atomic E-state index is 3.77. The second kappa shape index (κ2) is 2.01. The number of fused-ring (bicyclic) bond motifs is 3. The van der Waals surface area contributed by atoms with Crippen LogP contribution in [0.2, 0.25) is 0 Å². The number of nitrogens with one attached hydrogen (secondary N) is 1. The van der Waals surface area contributed by atoms with Crippen LogP contribution in [0.3, 0.4) is 0 Å². The molecular weight excluding hydrogens is 134 g/mol. The van der Waals surface area contributed by atoms with E-state index >= 15 is 0 Å². The predicted octanol–water partition coefficient (Wildman–Crippen LogP) is 2.32. The Hall–Kier alpha value is -0.0400. The molecule has 0 spiro atoms. The molecule has 0 amide bonds. The second-order valence-corrected chi connectivity index (χ2v) is 5.18. The van der Waals surface area contributed by atoms with Crippen LogP contribution in [0.1, 0.15) is 46.5 Å². The van der Waals surface area contributed by atoms with Crippen molar-refractivity contribution < 1.29 is 0 Å². The van der Waals surface area contributed by atoms with Crippen molar-refractivity contribution in [3.05, 3.63) is 0 Å². The molecule has 0 aromatic rings. The van der Waals surface area contributed by atoms with E-state index in [1.54, 1.807) is 0 Å². The number of hydrogen-bond acceptors (Lipinski definition) is 1. The summed E-state index contributed by atoms with van der Waals surface area (Å²) >= 11 is 0. The monoisotopic (exact) mass is 153 g/mol. The van der Waals surface area contributed by atoms with E-state index in [1.165, 1.54) is 25.7 Å². The van der Waals surface area contributed by atoms with Crippen LogP contribution in [0.5, 0.6) is 0 Å². The Labute approximate surface area is 69.6 Å². The van der Waals surface area contributed by atoms with E-state index in [2.05, 4.69) is 26.1 Å². The molecule has 0 aromatic carbocycles. The van der Waals surface area contributed by atoms with E-state index in [1.807, 2.05) is 0 Å². The molecule has 0 aromatic heterocycles. The highest BCUT2D eigenvalue weighted by atomic mass is 15.1. The molecule has 1 aliphatic carbocycles. The van der Waals surface area contributed by atoms with Crippen LogP contribution in [-0.2, 0) is 0 Å². The average molecular weight is 153 g/mol. The first-order valence-corrected chi connectivity index (χ1v) is 4.81. The average Bonchev–Trinajstić information content (AvgIpc) is 1.84. The van der Waals surface area contributed by atoms with Crippen molar-refractivity contribution in [3.8, 4) is 0 Å². The van der Waals surface area contributed by atoms with Gasteiger partial charge < -0.3 is 5.32 Å². The van der Waals surface area contributed by atoms with E-state index in [9.17, 15) is 0 Å². The Kier molecular flexibility index (Phi) is 1.39. The molecular formula is C10H19N. The first-order valence-electron chi connectivity index (χ1n) is 4.81. The summed E-state index contributed by atoms with van der Waals surface area (Å²) in [6.45, 7) is 7.09. The lowest BCUT2D eigenvalue weighted by Gasteiger charge is -2.55. The molecule has 3 aliphatic rings. The van der Waals surface area contributed by atoms with E-state index in [0.717, 1.165) is 5.92 Å². The molecule has 11 heavy (non-hydrogen) atoms. The van der Waals surface area contributed by atoms with Crippen molar-refractivity contribution >= 4 is 0 Å². The Balaban J connectivity index is 2.22. The normalized spacial score (nSPS) is 47.7. The fourth-order valence-electron chi connectivity index (χ4n) is 2.98. The molecule has 2 bridgehead atoms. The first kappa shape index (κ1) is 7.60. The minimum absolute atomic E-state index is 0.408. The van der Waals surface area contributed by atoms with Gasteiger partial charge in [-0.05, 0) is 52.4 Å². The first-order chi connectivity index (χ1) is 5.02. The van der Waals surface area contributed by atoms with E-state index in [4.69, 9.17) is 0 Å². The topological polar surface area (TPSA) is 12.0 Å². The minimum atomic E-state index is 0.408. The quantitative estimate of drug-likeness (QED) is 0.563. The standard InChI is InChI=1S/C10H19N/c1-9(2)8-4-6-10(3,11-9)7-5-8/h8,11H,4-7H2,1-3H3. The summed E-state index contributed by atoms with van der Waals surface area (Å²) in [5.41, 5.74) is 0.878. The van der Waals surface area contributed by atoms with Gasteiger partial charge in [-0.15, -0.1) is 0 Å². The molecule has 0 radical (unpaired) electrons. The lowest BCUT2D eigenvalue weighted by molar-refractivity contribution is 0.0330. The van der Waals surface area contributed by atoms with Gasteiger partial charge in [-0.2, -0.15) is 0 Å². The summed E-state index contributed by atoms with van der Waals surface area (Å²) in [5, 5.41) is 3.77. The van der Waals surface area contributed by atoms with Crippen LogP contribution in [0.4, 0.5) is 0 Å². The van der Waals surface area contributed by atoms with Gasteiger partial charge in [-0.1, -0.05) is 0 Å². The molecule has 1 nitrogen and oxygen atoms in total. The molecule has 2 saturated heterocycles. The van der Waals surface area contributed by atoms with Gasteiger partial charge in [0.15, 0.2) is 0 Å². The van der Waals surface area contributed by atoms with Gasteiger partial charge in [0.05, 0.1) is 0 Å². The minimum Gasteiger partial charge on any atom is -0.306 e. The molecule has 0 unspecified atom stereocenters. The lowest BCUT2D eigenvalue weighted by atomic mass is 9.64. The molecule has 3 rings (SSSR count). The zero-order valence-electron chi connectivity index (χ0n) is 7.91. The summed E-state index contributed by atoms with van der Waals surface area (Å²) in [6.07, 6.45) is 5.66. The van der Waals surface area contributed by atoms with Crippen LogP contribution in [0.15, 0.2) is 0 Å². The molecule has 1 saturated carbocycles. The summed E-state index contributed by atoms with van der Waals surface area (Å²) < 4.78 is 0. The van der Waals surface area contributed by atoms with Gasteiger partial charge in [-0.3, -0.25) is 0 Å². The molecule has 1 heteroatoms. The Morgan fingerprint density at radius 1 is 1.09 bits per heavy atom. The summed E-state index contributed by atoms with van der Waals surface area (Å²) in [5.74, 6) is 0.935. The fourth-order valence-corrected chi connectivity index (χ4v) is 2.98. The van der Waals surface area contributed by atoms with Crippen molar-refractivity contribution in [3.63, 3.8) is 0 Å². The molecule has 1 N–H and O–H groups in total. The Bertz CT molecular complexity index is 161. The SMILES string of the molecule is CC12CCC(CC1)C(C)(C)N2. The Morgan fingerprint density at radius 2 is 1.64 bits per heavy atom. The maximum Gasteiger partial charge on any atom is 0.0158 e. The lowest BCUT2D eigenvalue weighted by Crippen LogP contribution is -2.64. The third kappa shape index (κ3) is 1.10. The molecule has 2 heterocycles. The van der Waals surface area contributed by atoms with Crippen molar-refractivity contribution in [2.24, 2.45) is 5.92 Å². The van der Waals surface area contributed by atoms with E-state index < -0.39 is 0 Å². The highest BCUT2D eigenvalue weighted by Crippen LogP contribution is 2.44. The molecule has 3 fully saturated rings. The van der Waals surface area contributed by atoms with Gasteiger partial charge in [0.2, 0.25) is 0 Å². The van der Waals surface area contributed by atoms with Crippen molar-refractivity contribution in [2.75, 3.05) is 0 Å². The summed E-state index contributed by atoms with van der Waals surface area (Å²) in [7, 11) is 0. The zero-order chi connectivity index (χ0) is 8.11. The zero-order valence-corrected chi connectivity index (χ0v) is 7.91. The molecule has 2 aliphatic heterocycles. The number of piperidine rings is 2. The van der Waals surface area contributed by atoms with Gasteiger partial charge >= 0.3 is 0 Å².